The van der Waals surface area contributed by atoms with Crippen molar-refractivity contribution in [1.29, 1.82) is 0 Å². The van der Waals surface area contributed by atoms with Crippen LogP contribution in [0.25, 0.3) is 0 Å². The van der Waals surface area contributed by atoms with Crippen LogP contribution in [0.3, 0.4) is 0 Å². The number of hydrogen-bond donors (Lipinski definition) is 2. The first-order valence-electron chi connectivity index (χ1n) is 8.96. The summed E-state index contributed by atoms with van der Waals surface area (Å²) in [6.07, 6.45) is 1.01. The highest BCUT2D eigenvalue weighted by atomic mass is 127. The number of halogens is 1. The molecule has 7 heteroatoms. The Morgan fingerprint density at radius 2 is 1.36 bits per heavy atom. The fourth-order valence-electron chi connectivity index (χ4n) is 2.88. The Morgan fingerprint density at radius 1 is 0.821 bits per heavy atom. The van der Waals surface area contributed by atoms with Crippen molar-refractivity contribution in [3.8, 4) is 17.2 Å². The maximum absolute atomic E-state index is 5.48. The van der Waals surface area contributed by atoms with Gasteiger partial charge in [0.05, 0.1) is 21.3 Å². The van der Waals surface area contributed by atoms with Crippen molar-refractivity contribution in [2.24, 2.45) is 4.99 Å². The third kappa shape index (κ3) is 6.19. The predicted octanol–water partition coefficient (Wildman–Crippen LogP) is 3.76. The van der Waals surface area contributed by atoms with Crippen molar-refractivity contribution in [3.63, 3.8) is 0 Å². The van der Waals surface area contributed by atoms with Crippen LogP contribution in [0.2, 0.25) is 0 Å². The second-order valence-corrected chi connectivity index (χ2v) is 5.92. The van der Waals surface area contributed by atoms with Gasteiger partial charge in [0.25, 0.3) is 0 Å². The summed E-state index contributed by atoms with van der Waals surface area (Å²) in [4.78, 5) is 4.30. The van der Waals surface area contributed by atoms with E-state index >= 15 is 0 Å². The minimum absolute atomic E-state index is 0. The molecular weight excluding hydrogens is 469 g/mol. The molecule has 0 aliphatic rings. The molecule has 0 aromatic heterocycles. The Hall–Kier alpha value is -2.16. The number of nitrogens with one attached hydrogen (secondary N) is 2. The van der Waals surface area contributed by atoms with Crippen molar-refractivity contribution >= 4 is 29.9 Å². The molecule has 0 saturated heterocycles. The number of guanidine groups is 1. The molecule has 0 aliphatic carbocycles. The number of aliphatic imine (C=N–C) groups is 1. The van der Waals surface area contributed by atoms with Gasteiger partial charge in [-0.05, 0) is 23.6 Å². The third-order valence-electron chi connectivity index (χ3n) is 4.40. The highest BCUT2D eigenvalue weighted by Crippen LogP contribution is 2.34. The van der Waals surface area contributed by atoms with Crippen LogP contribution in [0, 0.1) is 0 Å². The van der Waals surface area contributed by atoms with Crippen LogP contribution >= 0.6 is 24.0 Å². The van der Waals surface area contributed by atoms with Gasteiger partial charge in [0, 0.05) is 31.8 Å². The minimum Gasteiger partial charge on any atom is -0.496 e. The van der Waals surface area contributed by atoms with E-state index in [0.717, 1.165) is 23.7 Å². The Kier molecular flexibility index (Phi) is 10.5. The van der Waals surface area contributed by atoms with Crippen LogP contribution in [-0.4, -0.2) is 34.3 Å². The van der Waals surface area contributed by atoms with Crippen molar-refractivity contribution in [2.75, 3.05) is 28.4 Å². The summed E-state index contributed by atoms with van der Waals surface area (Å²) in [7, 11) is 6.62. The standard InChI is InChI=1S/C21H29N3O3.HI/c1-6-15-9-7-8-10-16(15)13-23-21(22-2)24-14-17-11-19(26-4)20(27-5)12-18(17)25-3;/h7-12H,6,13-14H2,1-5H3,(H2,22,23,24);1H. The lowest BCUT2D eigenvalue weighted by Gasteiger charge is -2.17. The van der Waals surface area contributed by atoms with E-state index in [1.807, 2.05) is 12.1 Å². The van der Waals surface area contributed by atoms with Gasteiger partial charge >= 0.3 is 0 Å². The quantitative estimate of drug-likeness (QED) is 0.329. The molecule has 0 unspecified atom stereocenters. The average Bonchev–Trinajstić information content (AvgIpc) is 2.73. The van der Waals surface area contributed by atoms with E-state index in [-0.39, 0.29) is 24.0 Å². The zero-order valence-electron chi connectivity index (χ0n) is 17.2. The summed E-state index contributed by atoms with van der Waals surface area (Å²) in [6, 6.07) is 12.1. The second-order valence-electron chi connectivity index (χ2n) is 5.92. The first kappa shape index (κ1) is 23.9. The van der Waals surface area contributed by atoms with E-state index in [1.54, 1.807) is 28.4 Å². The largest absolute Gasteiger partial charge is 0.496 e. The SMILES string of the molecule is CCc1ccccc1CNC(=NC)NCc1cc(OC)c(OC)cc1OC.I. The molecular formula is C21H30IN3O3. The van der Waals surface area contributed by atoms with Gasteiger partial charge in [-0.3, -0.25) is 4.99 Å². The first-order chi connectivity index (χ1) is 13.2. The van der Waals surface area contributed by atoms with E-state index < -0.39 is 0 Å². The van der Waals surface area contributed by atoms with Gasteiger partial charge < -0.3 is 24.8 Å². The van der Waals surface area contributed by atoms with Gasteiger partial charge in [0.1, 0.15) is 5.75 Å². The smallest absolute Gasteiger partial charge is 0.191 e. The number of benzene rings is 2. The summed E-state index contributed by atoms with van der Waals surface area (Å²) in [6.45, 7) is 3.42. The van der Waals surface area contributed by atoms with Crippen LogP contribution in [0.4, 0.5) is 0 Å². The Labute approximate surface area is 184 Å². The molecule has 0 fully saturated rings. The molecule has 2 aromatic carbocycles. The van der Waals surface area contributed by atoms with Gasteiger partial charge in [0.2, 0.25) is 0 Å². The van der Waals surface area contributed by atoms with Crippen molar-refractivity contribution < 1.29 is 14.2 Å². The van der Waals surface area contributed by atoms with E-state index in [0.29, 0.717) is 24.6 Å². The summed E-state index contributed by atoms with van der Waals surface area (Å²) >= 11 is 0. The normalized spacial score (nSPS) is 10.7. The van der Waals surface area contributed by atoms with Gasteiger partial charge in [-0.25, -0.2) is 0 Å². The number of hydrogen-bond acceptors (Lipinski definition) is 4. The first-order valence-corrected chi connectivity index (χ1v) is 8.96. The molecule has 0 amide bonds. The van der Waals surface area contributed by atoms with Crippen LogP contribution in [0.15, 0.2) is 41.4 Å². The maximum Gasteiger partial charge on any atom is 0.191 e. The van der Waals surface area contributed by atoms with Crippen LogP contribution in [0.1, 0.15) is 23.6 Å². The molecule has 0 aliphatic heterocycles. The molecule has 0 saturated carbocycles. The lowest BCUT2D eigenvalue weighted by atomic mass is 10.1. The fraction of sp³-hybridized carbons (Fsp3) is 0.381. The molecule has 28 heavy (non-hydrogen) atoms. The van der Waals surface area contributed by atoms with E-state index in [1.165, 1.54) is 11.1 Å². The summed E-state index contributed by atoms with van der Waals surface area (Å²) < 4.78 is 16.2. The molecule has 154 valence electrons. The Bertz CT molecular complexity index is 781. The molecule has 2 N–H and O–H groups in total. The summed E-state index contributed by atoms with van der Waals surface area (Å²) in [5.74, 6) is 2.75. The van der Waals surface area contributed by atoms with Crippen molar-refractivity contribution in [2.45, 2.75) is 26.4 Å². The molecule has 6 nitrogen and oxygen atoms in total. The maximum atomic E-state index is 5.48. The molecule has 0 heterocycles. The molecule has 2 aromatic rings. The zero-order valence-corrected chi connectivity index (χ0v) is 19.5. The summed E-state index contributed by atoms with van der Waals surface area (Å²) in [5.41, 5.74) is 3.56. The molecule has 0 radical (unpaired) electrons. The van der Waals surface area contributed by atoms with E-state index in [9.17, 15) is 0 Å². The highest BCUT2D eigenvalue weighted by molar-refractivity contribution is 14.0. The fourth-order valence-corrected chi connectivity index (χ4v) is 2.88. The van der Waals surface area contributed by atoms with Crippen LogP contribution in [0.5, 0.6) is 17.2 Å². The lowest BCUT2D eigenvalue weighted by Crippen LogP contribution is -2.36. The number of rotatable bonds is 8. The lowest BCUT2D eigenvalue weighted by molar-refractivity contribution is 0.347. The van der Waals surface area contributed by atoms with E-state index in [4.69, 9.17) is 14.2 Å². The Morgan fingerprint density at radius 3 is 1.89 bits per heavy atom. The Balaban J connectivity index is 0.00000392. The van der Waals surface area contributed by atoms with E-state index in [2.05, 4.69) is 46.8 Å². The predicted molar refractivity (Wildman–Crippen MR) is 124 cm³/mol. The topological polar surface area (TPSA) is 64.1 Å². The van der Waals surface area contributed by atoms with Gasteiger partial charge in [-0.1, -0.05) is 31.2 Å². The van der Waals surface area contributed by atoms with Crippen molar-refractivity contribution in [3.05, 3.63) is 53.1 Å². The van der Waals surface area contributed by atoms with Crippen LogP contribution in [-0.2, 0) is 19.5 Å². The molecule has 0 spiro atoms. The number of ether oxygens (including phenoxy) is 3. The average molecular weight is 499 g/mol. The molecule has 0 atom stereocenters. The highest BCUT2D eigenvalue weighted by Gasteiger charge is 2.12. The monoisotopic (exact) mass is 499 g/mol. The number of aryl methyl sites for hydroxylation is 1. The second kappa shape index (κ2) is 12.3. The van der Waals surface area contributed by atoms with Crippen LogP contribution < -0.4 is 24.8 Å². The zero-order chi connectivity index (χ0) is 19.6. The number of methoxy groups -OCH3 is 3. The van der Waals surface area contributed by atoms with Gasteiger partial charge in [-0.2, -0.15) is 0 Å². The summed E-state index contributed by atoms with van der Waals surface area (Å²) in [5, 5.41) is 6.68. The van der Waals surface area contributed by atoms with Crippen molar-refractivity contribution in [1.82, 2.24) is 10.6 Å². The third-order valence-corrected chi connectivity index (χ3v) is 4.40. The van der Waals surface area contributed by atoms with Gasteiger partial charge in [0.15, 0.2) is 17.5 Å². The molecule has 2 rings (SSSR count). The minimum atomic E-state index is 0. The number of nitrogens with zero attached hydrogens (tertiary/aromatic N) is 1. The molecule has 0 bridgehead atoms. The van der Waals surface area contributed by atoms with Gasteiger partial charge in [-0.15, -0.1) is 24.0 Å².